The molecule has 0 amide bonds. The van der Waals surface area contributed by atoms with Crippen molar-refractivity contribution in [2.45, 2.75) is 31.5 Å². The predicted molar refractivity (Wildman–Crippen MR) is 108 cm³/mol. The SMILES string of the molecule is CN=C(NCc1ccc(COC)cc1)NCc1ccc(S(C)(=O)=O)c(C)c1. The van der Waals surface area contributed by atoms with Crippen molar-refractivity contribution >= 4 is 15.8 Å². The molecule has 0 aliphatic rings. The van der Waals surface area contributed by atoms with Crippen LogP contribution in [0.2, 0.25) is 0 Å². The van der Waals surface area contributed by atoms with Crippen LogP contribution in [0.5, 0.6) is 0 Å². The van der Waals surface area contributed by atoms with E-state index in [4.69, 9.17) is 4.74 Å². The van der Waals surface area contributed by atoms with Gasteiger partial charge in [-0.1, -0.05) is 36.4 Å². The number of nitrogens with one attached hydrogen (secondary N) is 2. The summed E-state index contributed by atoms with van der Waals surface area (Å²) in [4.78, 5) is 4.59. The Morgan fingerprint density at radius 3 is 2.07 bits per heavy atom. The van der Waals surface area contributed by atoms with E-state index in [0.717, 1.165) is 22.3 Å². The fourth-order valence-electron chi connectivity index (χ4n) is 2.75. The minimum Gasteiger partial charge on any atom is -0.380 e. The molecule has 6 nitrogen and oxygen atoms in total. The summed E-state index contributed by atoms with van der Waals surface area (Å²) in [6, 6.07) is 13.6. The first-order chi connectivity index (χ1) is 12.8. The Bertz CT molecular complexity index is 891. The number of sulfone groups is 1. The Hall–Kier alpha value is -2.38. The molecule has 2 N–H and O–H groups in total. The maximum Gasteiger partial charge on any atom is 0.191 e. The van der Waals surface area contributed by atoms with Crippen LogP contribution < -0.4 is 10.6 Å². The molecule has 0 heterocycles. The van der Waals surface area contributed by atoms with Gasteiger partial charge in [0.1, 0.15) is 0 Å². The van der Waals surface area contributed by atoms with Crippen molar-refractivity contribution in [3.63, 3.8) is 0 Å². The number of aliphatic imine (C=N–C) groups is 1. The largest absolute Gasteiger partial charge is 0.380 e. The van der Waals surface area contributed by atoms with Crippen molar-refractivity contribution < 1.29 is 13.2 Å². The van der Waals surface area contributed by atoms with E-state index in [2.05, 4.69) is 27.8 Å². The summed E-state index contributed by atoms with van der Waals surface area (Å²) in [5.74, 6) is 0.681. The van der Waals surface area contributed by atoms with Crippen molar-refractivity contribution in [2.75, 3.05) is 20.4 Å². The first-order valence-electron chi connectivity index (χ1n) is 8.64. The number of rotatable bonds is 7. The number of aryl methyl sites for hydroxylation is 1. The standard InChI is InChI=1S/C20H27N3O3S/c1-15-11-18(9-10-19(15)27(4,24)25)13-23-20(21-2)22-12-16-5-7-17(8-6-16)14-26-3/h5-11H,12-14H2,1-4H3,(H2,21,22,23). The quantitative estimate of drug-likeness (QED) is 0.562. The summed E-state index contributed by atoms with van der Waals surface area (Å²) in [5.41, 5.74) is 4.02. The summed E-state index contributed by atoms with van der Waals surface area (Å²) >= 11 is 0. The fraction of sp³-hybridized carbons (Fsp3) is 0.350. The van der Waals surface area contributed by atoms with Crippen LogP contribution >= 0.6 is 0 Å². The van der Waals surface area contributed by atoms with Crippen LogP contribution in [-0.4, -0.2) is 34.8 Å². The van der Waals surface area contributed by atoms with Gasteiger partial charge in [0.05, 0.1) is 11.5 Å². The summed E-state index contributed by atoms with van der Waals surface area (Å²) in [6.07, 6.45) is 1.22. The molecular formula is C20H27N3O3S. The van der Waals surface area contributed by atoms with Gasteiger partial charge >= 0.3 is 0 Å². The van der Waals surface area contributed by atoms with Crippen LogP contribution in [0.4, 0.5) is 0 Å². The van der Waals surface area contributed by atoms with Crippen LogP contribution in [0, 0.1) is 6.92 Å². The monoisotopic (exact) mass is 389 g/mol. The first-order valence-corrected chi connectivity index (χ1v) is 10.5. The third kappa shape index (κ3) is 6.37. The molecule has 2 aromatic rings. The second-order valence-electron chi connectivity index (χ2n) is 6.40. The van der Waals surface area contributed by atoms with Crippen molar-refractivity contribution in [1.29, 1.82) is 0 Å². The molecule has 146 valence electrons. The Balaban J connectivity index is 1.91. The van der Waals surface area contributed by atoms with Crippen molar-refractivity contribution in [3.05, 3.63) is 64.7 Å². The number of ether oxygens (including phenoxy) is 1. The molecule has 0 aliphatic heterocycles. The lowest BCUT2D eigenvalue weighted by molar-refractivity contribution is 0.185. The van der Waals surface area contributed by atoms with Crippen molar-refractivity contribution in [2.24, 2.45) is 4.99 Å². The highest BCUT2D eigenvalue weighted by Crippen LogP contribution is 2.16. The zero-order chi connectivity index (χ0) is 19.9. The molecule has 2 rings (SSSR count). The lowest BCUT2D eigenvalue weighted by Gasteiger charge is -2.13. The van der Waals surface area contributed by atoms with Crippen LogP contribution in [-0.2, 0) is 34.3 Å². The summed E-state index contributed by atoms with van der Waals surface area (Å²) < 4.78 is 28.5. The minimum absolute atomic E-state index is 0.366. The highest BCUT2D eigenvalue weighted by Gasteiger charge is 2.11. The van der Waals surface area contributed by atoms with Crippen LogP contribution in [0.15, 0.2) is 52.4 Å². The predicted octanol–water partition coefficient (Wildman–Crippen LogP) is 2.41. The van der Waals surface area contributed by atoms with E-state index in [1.54, 1.807) is 27.1 Å². The molecule has 0 atom stereocenters. The van der Waals surface area contributed by atoms with Crippen LogP contribution in [0.25, 0.3) is 0 Å². The lowest BCUT2D eigenvalue weighted by Crippen LogP contribution is -2.36. The number of guanidine groups is 1. The average Bonchev–Trinajstić information content (AvgIpc) is 2.62. The Labute approximate surface area is 161 Å². The summed E-state index contributed by atoms with van der Waals surface area (Å²) in [5, 5.41) is 6.51. The molecule has 27 heavy (non-hydrogen) atoms. The van der Waals surface area contributed by atoms with E-state index in [-0.39, 0.29) is 0 Å². The average molecular weight is 390 g/mol. The minimum atomic E-state index is -3.20. The molecule has 0 fully saturated rings. The maximum atomic E-state index is 11.7. The number of methoxy groups -OCH3 is 1. The van der Waals surface area contributed by atoms with E-state index < -0.39 is 9.84 Å². The van der Waals surface area contributed by atoms with Gasteiger partial charge in [-0.3, -0.25) is 4.99 Å². The van der Waals surface area contributed by atoms with Crippen LogP contribution in [0.1, 0.15) is 22.3 Å². The van der Waals surface area contributed by atoms with E-state index in [0.29, 0.717) is 30.6 Å². The molecule has 0 aliphatic carbocycles. The number of hydrogen-bond donors (Lipinski definition) is 2. The highest BCUT2D eigenvalue weighted by molar-refractivity contribution is 7.90. The molecule has 0 bridgehead atoms. The van der Waals surface area contributed by atoms with Gasteiger partial charge in [0.25, 0.3) is 0 Å². The third-order valence-corrected chi connectivity index (χ3v) is 5.37. The maximum absolute atomic E-state index is 11.7. The number of benzene rings is 2. The molecule has 0 aromatic heterocycles. The van der Waals surface area contributed by atoms with Gasteiger partial charge in [-0.15, -0.1) is 0 Å². The zero-order valence-corrected chi connectivity index (χ0v) is 17.1. The molecule has 2 aromatic carbocycles. The molecule has 0 spiro atoms. The van der Waals surface area contributed by atoms with Gasteiger partial charge in [-0.05, 0) is 35.2 Å². The van der Waals surface area contributed by atoms with E-state index >= 15 is 0 Å². The number of hydrogen-bond acceptors (Lipinski definition) is 4. The van der Waals surface area contributed by atoms with Gasteiger partial charge in [0, 0.05) is 33.5 Å². The van der Waals surface area contributed by atoms with Crippen molar-refractivity contribution in [3.8, 4) is 0 Å². The van der Waals surface area contributed by atoms with E-state index in [9.17, 15) is 8.42 Å². The molecule has 0 saturated heterocycles. The van der Waals surface area contributed by atoms with Crippen molar-refractivity contribution in [1.82, 2.24) is 10.6 Å². The van der Waals surface area contributed by atoms with E-state index in [1.807, 2.05) is 24.3 Å². The number of nitrogens with zero attached hydrogens (tertiary/aromatic N) is 1. The molecule has 0 unspecified atom stereocenters. The summed E-state index contributed by atoms with van der Waals surface area (Å²) in [7, 11) is 0.203. The molecule has 0 radical (unpaired) electrons. The van der Waals surface area contributed by atoms with Crippen LogP contribution in [0.3, 0.4) is 0 Å². The third-order valence-electron chi connectivity index (χ3n) is 4.12. The van der Waals surface area contributed by atoms with Gasteiger partial charge in [-0.25, -0.2) is 8.42 Å². The topological polar surface area (TPSA) is 79.8 Å². The van der Waals surface area contributed by atoms with Gasteiger partial charge in [-0.2, -0.15) is 0 Å². The Morgan fingerprint density at radius 1 is 1.00 bits per heavy atom. The van der Waals surface area contributed by atoms with Gasteiger partial charge in [0.2, 0.25) is 0 Å². The summed E-state index contributed by atoms with van der Waals surface area (Å²) in [6.45, 7) is 3.62. The fourth-order valence-corrected chi connectivity index (χ4v) is 3.71. The van der Waals surface area contributed by atoms with Gasteiger partial charge < -0.3 is 15.4 Å². The van der Waals surface area contributed by atoms with E-state index in [1.165, 1.54) is 6.26 Å². The molecule has 7 heteroatoms. The normalized spacial score (nSPS) is 12.1. The first kappa shape index (κ1) is 20.9. The molecule has 0 saturated carbocycles. The lowest BCUT2D eigenvalue weighted by atomic mass is 10.1. The second-order valence-corrected chi connectivity index (χ2v) is 8.39. The molecular weight excluding hydrogens is 362 g/mol. The zero-order valence-electron chi connectivity index (χ0n) is 16.2. The Morgan fingerprint density at radius 2 is 1.56 bits per heavy atom. The Kier molecular flexibility index (Phi) is 7.38. The van der Waals surface area contributed by atoms with Gasteiger partial charge in [0.15, 0.2) is 15.8 Å². The highest BCUT2D eigenvalue weighted by atomic mass is 32.2. The second kappa shape index (κ2) is 9.53. The smallest absolute Gasteiger partial charge is 0.191 e.